The number of hydrogen-bond donors (Lipinski definition) is 1. The van der Waals surface area contributed by atoms with E-state index in [1.165, 1.54) is 28.8 Å². The summed E-state index contributed by atoms with van der Waals surface area (Å²) in [5.41, 5.74) is -0.344. The van der Waals surface area contributed by atoms with Crippen LogP contribution < -0.4 is 16.6 Å². The highest BCUT2D eigenvalue weighted by molar-refractivity contribution is 5.82. The van der Waals surface area contributed by atoms with Gasteiger partial charge in [0, 0.05) is 0 Å². The fourth-order valence-corrected chi connectivity index (χ4v) is 3.58. The van der Waals surface area contributed by atoms with Crippen molar-refractivity contribution in [2.45, 2.75) is 19.5 Å². The molecule has 0 fully saturated rings. The minimum atomic E-state index is -0.781. The van der Waals surface area contributed by atoms with Crippen LogP contribution in [-0.4, -0.2) is 15.0 Å². The van der Waals surface area contributed by atoms with Gasteiger partial charge in [-0.3, -0.25) is 14.2 Å². The molecule has 0 aliphatic heterocycles. The van der Waals surface area contributed by atoms with Gasteiger partial charge in [0.05, 0.1) is 22.6 Å². The number of rotatable bonds is 5. The second-order valence-electron chi connectivity index (χ2n) is 7.18. The molecular formula is C24H20FN3O3. The molecule has 3 aromatic carbocycles. The third kappa shape index (κ3) is 3.90. The maximum absolute atomic E-state index is 14.4. The highest BCUT2D eigenvalue weighted by Gasteiger charge is 2.19. The van der Waals surface area contributed by atoms with Crippen molar-refractivity contribution < 1.29 is 9.18 Å². The molecule has 0 aliphatic rings. The number of carbonyl (C=O) groups is 1. The molecule has 1 amide bonds. The molecule has 0 spiro atoms. The number of nitrogens with one attached hydrogen (secondary N) is 1. The van der Waals surface area contributed by atoms with Crippen LogP contribution in [0.1, 0.15) is 18.5 Å². The van der Waals surface area contributed by atoms with Gasteiger partial charge in [-0.1, -0.05) is 54.6 Å². The van der Waals surface area contributed by atoms with Crippen LogP contribution in [0, 0.1) is 5.82 Å². The summed E-state index contributed by atoms with van der Waals surface area (Å²) in [6, 6.07) is 21.2. The average Bonchev–Trinajstić information content (AvgIpc) is 2.78. The summed E-state index contributed by atoms with van der Waals surface area (Å²) < 4.78 is 16.4. The minimum absolute atomic E-state index is 0.157. The number of hydrogen-bond acceptors (Lipinski definition) is 3. The lowest BCUT2D eigenvalue weighted by atomic mass is 10.1. The lowest BCUT2D eigenvalue weighted by Gasteiger charge is -2.17. The average molecular weight is 417 g/mol. The monoisotopic (exact) mass is 417 g/mol. The molecule has 31 heavy (non-hydrogen) atoms. The van der Waals surface area contributed by atoms with Gasteiger partial charge < -0.3 is 5.32 Å². The molecule has 0 aliphatic carbocycles. The second kappa shape index (κ2) is 8.39. The molecule has 0 bridgehead atoms. The fraction of sp³-hybridized carbons (Fsp3) is 0.125. The Morgan fingerprint density at radius 2 is 1.58 bits per heavy atom. The number of nitrogens with zero attached hydrogens (tertiary/aromatic N) is 2. The number of benzene rings is 3. The van der Waals surface area contributed by atoms with E-state index in [1.807, 2.05) is 37.3 Å². The van der Waals surface area contributed by atoms with Crippen molar-refractivity contribution in [1.29, 1.82) is 0 Å². The van der Waals surface area contributed by atoms with Crippen molar-refractivity contribution in [2.24, 2.45) is 0 Å². The van der Waals surface area contributed by atoms with Gasteiger partial charge in [0.15, 0.2) is 0 Å². The van der Waals surface area contributed by atoms with Crippen molar-refractivity contribution in [2.75, 3.05) is 0 Å². The normalized spacial score (nSPS) is 11.9. The van der Waals surface area contributed by atoms with Gasteiger partial charge >= 0.3 is 5.69 Å². The number of para-hydroxylation sites is 2. The second-order valence-corrected chi connectivity index (χ2v) is 7.18. The van der Waals surface area contributed by atoms with E-state index in [0.29, 0.717) is 5.52 Å². The van der Waals surface area contributed by atoms with Crippen LogP contribution in [0.25, 0.3) is 16.6 Å². The van der Waals surface area contributed by atoms with E-state index in [0.717, 1.165) is 10.1 Å². The van der Waals surface area contributed by atoms with Crippen LogP contribution in [0.4, 0.5) is 4.39 Å². The van der Waals surface area contributed by atoms with Crippen LogP contribution in [0.3, 0.4) is 0 Å². The topological polar surface area (TPSA) is 73.1 Å². The summed E-state index contributed by atoms with van der Waals surface area (Å²) in [4.78, 5) is 39.0. The maximum Gasteiger partial charge on any atom is 0.336 e. The quantitative estimate of drug-likeness (QED) is 0.542. The molecule has 0 radical (unpaired) electrons. The van der Waals surface area contributed by atoms with E-state index in [1.54, 1.807) is 24.3 Å². The van der Waals surface area contributed by atoms with Crippen LogP contribution in [-0.2, 0) is 11.3 Å². The largest absolute Gasteiger partial charge is 0.348 e. The van der Waals surface area contributed by atoms with Crippen molar-refractivity contribution >= 4 is 16.8 Å². The molecule has 1 heterocycles. The maximum atomic E-state index is 14.4. The standard InChI is InChI=1S/C24H20FN3O3/c1-16(17-9-3-2-4-10-17)26-22(29)15-27-20-13-7-5-11-18(20)23(30)28(24(27)31)21-14-8-6-12-19(21)25/h2-14,16H,15H2,1H3,(H,26,29). The summed E-state index contributed by atoms with van der Waals surface area (Å²) in [6.07, 6.45) is 0. The Bertz CT molecular complexity index is 1380. The molecule has 1 aromatic heterocycles. The Balaban J connectivity index is 1.79. The van der Waals surface area contributed by atoms with Gasteiger partial charge in [-0.25, -0.2) is 13.8 Å². The smallest absolute Gasteiger partial charge is 0.336 e. The van der Waals surface area contributed by atoms with E-state index in [2.05, 4.69) is 5.32 Å². The van der Waals surface area contributed by atoms with Crippen molar-refractivity contribution in [3.8, 4) is 5.69 Å². The predicted octanol–water partition coefficient (Wildman–Crippen LogP) is 3.17. The van der Waals surface area contributed by atoms with Crippen molar-refractivity contribution in [3.63, 3.8) is 0 Å². The SMILES string of the molecule is CC(NC(=O)Cn1c(=O)n(-c2ccccc2F)c(=O)c2ccccc21)c1ccccc1. The molecule has 1 N–H and O–H groups in total. The lowest BCUT2D eigenvalue weighted by molar-refractivity contribution is -0.122. The first kappa shape index (κ1) is 20.3. The zero-order valence-electron chi connectivity index (χ0n) is 16.8. The minimum Gasteiger partial charge on any atom is -0.348 e. The highest BCUT2D eigenvalue weighted by Crippen LogP contribution is 2.14. The summed E-state index contributed by atoms with van der Waals surface area (Å²) >= 11 is 0. The Morgan fingerprint density at radius 3 is 2.32 bits per heavy atom. The molecule has 1 atom stereocenters. The van der Waals surface area contributed by atoms with Gasteiger partial charge in [0.1, 0.15) is 12.4 Å². The number of fused-ring (bicyclic) bond motifs is 1. The molecule has 6 nitrogen and oxygen atoms in total. The van der Waals surface area contributed by atoms with Crippen molar-refractivity contribution in [1.82, 2.24) is 14.5 Å². The molecule has 7 heteroatoms. The molecular weight excluding hydrogens is 397 g/mol. The van der Waals surface area contributed by atoms with Crippen LogP contribution in [0.15, 0.2) is 88.5 Å². The molecule has 156 valence electrons. The molecule has 1 unspecified atom stereocenters. The van der Waals surface area contributed by atoms with E-state index < -0.39 is 23.0 Å². The van der Waals surface area contributed by atoms with Crippen LogP contribution in [0.5, 0.6) is 0 Å². The van der Waals surface area contributed by atoms with Crippen LogP contribution in [0.2, 0.25) is 0 Å². The van der Waals surface area contributed by atoms with Crippen LogP contribution >= 0.6 is 0 Å². The van der Waals surface area contributed by atoms with Crippen molar-refractivity contribution in [3.05, 3.63) is 111 Å². The van der Waals surface area contributed by atoms with E-state index in [9.17, 15) is 18.8 Å². The predicted molar refractivity (Wildman–Crippen MR) is 117 cm³/mol. The molecule has 4 rings (SSSR count). The van der Waals surface area contributed by atoms with E-state index >= 15 is 0 Å². The van der Waals surface area contributed by atoms with E-state index in [-0.39, 0.29) is 23.7 Å². The first-order valence-electron chi connectivity index (χ1n) is 9.81. The molecule has 0 saturated heterocycles. The number of aromatic nitrogens is 2. The van der Waals surface area contributed by atoms with Gasteiger partial charge in [-0.2, -0.15) is 0 Å². The Hall–Kier alpha value is -4.00. The fourth-order valence-electron chi connectivity index (χ4n) is 3.58. The third-order valence-corrected chi connectivity index (χ3v) is 5.12. The Labute approximate surface area is 177 Å². The van der Waals surface area contributed by atoms with E-state index in [4.69, 9.17) is 0 Å². The summed E-state index contributed by atoms with van der Waals surface area (Å²) in [5, 5.41) is 3.08. The third-order valence-electron chi connectivity index (χ3n) is 5.12. The zero-order chi connectivity index (χ0) is 22.0. The number of amides is 1. The Kier molecular flexibility index (Phi) is 5.49. The summed E-state index contributed by atoms with van der Waals surface area (Å²) in [5.74, 6) is -1.10. The lowest BCUT2D eigenvalue weighted by Crippen LogP contribution is -2.42. The highest BCUT2D eigenvalue weighted by atomic mass is 19.1. The zero-order valence-corrected chi connectivity index (χ0v) is 16.8. The number of carbonyl (C=O) groups excluding carboxylic acids is 1. The Morgan fingerprint density at radius 1 is 0.935 bits per heavy atom. The first-order chi connectivity index (χ1) is 15.0. The molecule has 0 saturated carbocycles. The van der Waals surface area contributed by atoms with Gasteiger partial charge in [-0.15, -0.1) is 0 Å². The van der Waals surface area contributed by atoms with Gasteiger partial charge in [-0.05, 0) is 36.8 Å². The van der Waals surface area contributed by atoms with Gasteiger partial charge in [0.25, 0.3) is 5.56 Å². The number of halogens is 1. The summed E-state index contributed by atoms with van der Waals surface area (Å²) in [7, 11) is 0. The molecule has 4 aromatic rings. The van der Waals surface area contributed by atoms with Gasteiger partial charge in [0.2, 0.25) is 5.91 Å². The summed E-state index contributed by atoms with van der Waals surface area (Å²) in [6.45, 7) is 1.53. The first-order valence-corrected chi connectivity index (χ1v) is 9.81.